The van der Waals surface area contributed by atoms with Crippen LogP contribution in [0.3, 0.4) is 0 Å². The van der Waals surface area contributed by atoms with E-state index in [0.29, 0.717) is 5.82 Å². The molecule has 0 unspecified atom stereocenters. The quantitative estimate of drug-likeness (QED) is 0.500. The minimum Gasteiger partial charge on any atom is -0.383 e. The molecule has 0 bridgehead atoms. The van der Waals surface area contributed by atoms with Crippen LogP contribution in [-0.4, -0.2) is 27.2 Å². The van der Waals surface area contributed by atoms with Crippen LogP contribution < -0.4 is 5.73 Å². The molecule has 6 heteroatoms. The third-order valence-electron chi connectivity index (χ3n) is 2.20. The Hall–Kier alpha value is -0.460. The Labute approximate surface area is 114 Å². The second-order valence-electron chi connectivity index (χ2n) is 3.43. The van der Waals surface area contributed by atoms with Gasteiger partial charge in [0.15, 0.2) is 5.16 Å². The lowest BCUT2D eigenvalue weighted by Gasteiger charge is -2.02. The molecule has 2 N–H and O–H groups in total. The molecule has 0 aliphatic carbocycles. The van der Waals surface area contributed by atoms with Crippen LogP contribution >= 0.6 is 34.9 Å². The number of thiophene rings is 1. The van der Waals surface area contributed by atoms with Crippen LogP contribution in [0.1, 0.15) is 13.3 Å². The molecule has 0 atom stereocenters. The van der Waals surface area contributed by atoms with Crippen molar-refractivity contribution < 1.29 is 0 Å². The van der Waals surface area contributed by atoms with Gasteiger partial charge in [0.05, 0.1) is 5.39 Å². The zero-order valence-corrected chi connectivity index (χ0v) is 12.1. The smallest absolute Gasteiger partial charge is 0.190 e. The predicted octanol–water partition coefficient (Wildman–Crippen LogP) is 3.51. The predicted molar refractivity (Wildman–Crippen MR) is 80.2 cm³/mol. The average molecular weight is 285 g/mol. The SMILES string of the molecule is CCSCCCSc1nc(N)c2ccsc2n1. The first-order valence-electron chi connectivity index (χ1n) is 5.52. The highest BCUT2D eigenvalue weighted by Crippen LogP contribution is 2.26. The van der Waals surface area contributed by atoms with E-state index in [4.69, 9.17) is 5.73 Å². The summed E-state index contributed by atoms with van der Waals surface area (Å²) in [6.45, 7) is 2.19. The summed E-state index contributed by atoms with van der Waals surface area (Å²) in [6.07, 6.45) is 1.19. The Kier molecular flexibility index (Phi) is 4.94. The van der Waals surface area contributed by atoms with Crippen LogP contribution in [0.5, 0.6) is 0 Å². The normalized spacial score (nSPS) is 11.1. The highest BCUT2D eigenvalue weighted by molar-refractivity contribution is 8.00. The molecular formula is C11H15N3S3. The minimum atomic E-state index is 0.599. The van der Waals surface area contributed by atoms with Gasteiger partial charge in [-0.1, -0.05) is 18.7 Å². The number of hydrogen-bond donors (Lipinski definition) is 1. The second-order valence-corrected chi connectivity index (χ2v) is 6.78. The summed E-state index contributed by atoms with van der Waals surface area (Å²) in [5.74, 6) is 4.06. The van der Waals surface area contributed by atoms with E-state index in [9.17, 15) is 0 Å². The molecule has 2 aromatic rings. The summed E-state index contributed by atoms with van der Waals surface area (Å²) in [5.41, 5.74) is 5.89. The van der Waals surface area contributed by atoms with Gasteiger partial charge in [0, 0.05) is 5.75 Å². The van der Waals surface area contributed by atoms with Crippen LogP contribution in [-0.2, 0) is 0 Å². The van der Waals surface area contributed by atoms with Gasteiger partial charge in [0.1, 0.15) is 10.6 Å². The van der Waals surface area contributed by atoms with Crippen LogP contribution in [0.2, 0.25) is 0 Å². The standard InChI is InChI=1S/C11H15N3S3/c1-2-15-5-3-6-17-11-13-9(12)8-4-7-16-10(8)14-11/h4,7H,2-3,5-6H2,1H3,(H2,12,13,14). The van der Waals surface area contributed by atoms with Crippen LogP contribution in [0, 0.1) is 0 Å². The molecule has 0 aliphatic rings. The van der Waals surface area contributed by atoms with Gasteiger partial charge in [-0.2, -0.15) is 11.8 Å². The Morgan fingerprint density at radius 1 is 1.35 bits per heavy atom. The van der Waals surface area contributed by atoms with E-state index in [-0.39, 0.29) is 0 Å². The molecule has 3 nitrogen and oxygen atoms in total. The van der Waals surface area contributed by atoms with Crippen molar-refractivity contribution in [1.82, 2.24) is 9.97 Å². The maximum absolute atomic E-state index is 5.89. The fourth-order valence-electron chi connectivity index (χ4n) is 1.39. The average Bonchev–Trinajstić information content (AvgIpc) is 2.77. The van der Waals surface area contributed by atoms with E-state index in [1.54, 1.807) is 23.1 Å². The number of hydrogen-bond acceptors (Lipinski definition) is 6. The van der Waals surface area contributed by atoms with Gasteiger partial charge in [0.2, 0.25) is 0 Å². The van der Waals surface area contributed by atoms with Crippen molar-refractivity contribution >= 4 is 50.9 Å². The summed E-state index contributed by atoms with van der Waals surface area (Å²) >= 11 is 5.28. The molecule has 17 heavy (non-hydrogen) atoms. The topological polar surface area (TPSA) is 51.8 Å². The minimum absolute atomic E-state index is 0.599. The first kappa shape index (κ1) is 13.0. The highest BCUT2D eigenvalue weighted by atomic mass is 32.2. The van der Waals surface area contributed by atoms with Crippen molar-refractivity contribution in [3.05, 3.63) is 11.4 Å². The lowest BCUT2D eigenvalue weighted by atomic mass is 10.4. The van der Waals surface area contributed by atoms with Gasteiger partial charge >= 0.3 is 0 Å². The van der Waals surface area contributed by atoms with Crippen LogP contribution in [0.25, 0.3) is 10.2 Å². The zero-order chi connectivity index (χ0) is 12.1. The van der Waals surface area contributed by atoms with E-state index < -0.39 is 0 Å². The summed E-state index contributed by atoms with van der Waals surface area (Å²) in [5, 5.41) is 3.78. The monoisotopic (exact) mass is 285 g/mol. The molecule has 0 aliphatic heterocycles. The third kappa shape index (κ3) is 3.50. The lowest BCUT2D eigenvalue weighted by Crippen LogP contribution is -1.95. The number of thioether (sulfide) groups is 2. The molecule has 0 aromatic carbocycles. The fraction of sp³-hybridized carbons (Fsp3) is 0.455. The molecule has 92 valence electrons. The van der Waals surface area contributed by atoms with Crippen molar-refractivity contribution in [3.63, 3.8) is 0 Å². The molecule has 0 saturated heterocycles. The number of fused-ring (bicyclic) bond motifs is 1. The maximum Gasteiger partial charge on any atom is 0.190 e. The van der Waals surface area contributed by atoms with Gasteiger partial charge in [-0.15, -0.1) is 11.3 Å². The van der Waals surface area contributed by atoms with Crippen molar-refractivity contribution in [3.8, 4) is 0 Å². The van der Waals surface area contributed by atoms with E-state index >= 15 is 0 Å². The molecule has 2 aromatic heterocycles. The number of nitrogens with zero attached hydrogens (tertiary/aromatic N) is 2. The first-order chi connectivity index (χ1) is 8.31. The van der Waals surface area contributed by atoms with E-state index in [2.05, 4.69) is 16.9 Å². The van der Waals surface area contributed by atoms with Gasteiger partial charge < -0.3 is 5.73 Å². The Bertz CT molecular complexity index is 484. The molecule has 0 spiro atoms. The van der Waals surface area contributed by atoms with E-state index in [0.717, 1.165) is 21.1 Å². The van der Waals surface area contributed by atoms with Gasteiger partial charge in [-0.25, -0.2) is 9.97 Å². The molecule has 2 heterocycles. The number of rotatable bonds is 6. The number of aromatic nitrogens is 2. The third-order valence-corrected chi connectivity index (χ3v) is 4.93. The highest BCUT2D eigenvalue weighted by Gasteiger charge is 2.06. The van der Waals surface area contributed by atoms with Crippen LogP contribution in [0.4, 0.5) is 5.82 Å². The van der Waals surface area contributed by atoms with Gasteiger partial charge in [-0.3, -0.25) is 0 Å². The van der Waals surface area contributed by atoms with Crippen molar-refractivity contribution in [1.29, 1.82) is 0 Å². The van der Waals surface area contributed by atoms with Crippen molar-refractivity contribution in [2.24, 2.45) is 0 Å². The fourth-order valence-corrected chi connectivity index (χ4v) is 3.83. The summed E-state index contributed by atoms with van der Waals surface area (Å²) in [4.78, 5) is 9.81. The van der Waals surface area contributed by atoms with Gasteiger partial charge in [0.25, 0.3) is 0 Å². The number of nitrogen functional groups attached to an aromatic ring is 1. The van der Waals surface area contributed by atoms with Crippen molar-refractivity contribution in [2.75, 3.05) is 23.0 Å². The second kappa shape index (κ2) is 6.47. The van der Waals surface area contributed by atoms with Crippen LogP contribution in [0.15, 0.2) is 16.6 Å². The molecule has 0 amide bonds. The Balaban J connectivity index is 1.94. The maximum atomic E-state index is 5.89. The summed E-state index contributed by atoms with van der Waals surface area (Å²) in [6, 6.07) is 1.97. The van der Waals surface area contributed by atoms with E-state index in [1.165, 1.54) is 17.9 Å². The molecule has 0 radical (unpaired) electrons. The van der Waals surface area contributed by atoms with Gasteiger partial charge in [-0.05, 0) is 29.4 Å². The molecule has 0 fully saturated rings. The van der Waals surface area contributed by atoms with Crippen molar-refractivity contribution in [2.45, 2.75) is 18.5 Å². The van der Waals surface area contributed by atoms with E-state index in [1.807, 2.05) is 23.2 Å². The number of nitrogens with two attached hydrogens (primary N) is 1. The number of anilines is 1. The largest absolute Gasteiger partial charge is 0.383 e. The summed E-state index contributed by atoms with van der Waals surface area (Å²) in [7, 11) is 0. The zero-order valence-electron chi connectivity index (χ0n) is 9.68. The first-order valence-corrected chi connectivity index (χ1v) is 8.54. The Morgan fingerprint density at radius 2 is 2.24 bits per heavy atom. The Morgan fingerprint density at radius 3 is 3.06 bits per heavy atom. The molecule has 0 saturated carbocycles. The molecule has 2 rings (SSSR count). The molecular weight excluding hydrogens is 270 g/mol. The lowest BCUT2D eigenvalue weighted by molar-refractivity contribution is 1.01. The summed E-state index contributed by atoms with van der Waals surface area (Å²) < 4.78 is 0.